The first-order valence-electron chi connectivity index (χ1n) is 6.07. The third kappa shape index (κ3) is 2.18. The summed E-state index contributed by atoms with van der Waals surface area (Å²) in [5, 5.41) is 3.49. The molecule has 0 saturated heterocycles. The summed E-state index contributed by atoms with van der Waals surface area (Å²) in [7, 11) is 2.08. The van der Waals surface area contributed by atoms with Crippen LogP contribution in [0.2, 0.25) is 0 Å². The molecule has 1 aromatic carbocycles. The first kappa shape index (κ1) is 12.1. The standard InChI is InChI=1S/C14H20BrN/c1-9-8-13(15)10(2)7-12(9)14(16-3)11-5-4-6-11/h7-8,11,14,16H,4-6H2,1-3H3. The minimum Gasteiger partial charge on any atom is -0.313 e. The Labute approximate surface area is 107 Å². The Morgan fingerprint density at radius 1 is 1.25 bits per heavy atom. The highest BCUT2D eigenvalue weighted by Gasteiger charge is 2.28. The van der Waals surface area contributed by atoms with E-state index >= 15 is 0 Å². The number of hydrogen-bond donors (Lipinski definition) is 1. The molecule has 1 fully saturated rings. The van der Waals surface area contributed by atoms with Crippen molar-refractivity contribution in [3.63, 3.8) is 0 Å². The van der Waals surface area contributed by atoms with Gasteiger partial charge >= 0.3 is 0 Å². The van der Waals surface area contributed by atoms with Crippen molar-refractivity contribution in [2.24, 2.45) is 5.92 Å². The highest BCUT2D eigenvalue weighted by molar-refractivity contribution is 9.10. The third-order valence-corrected chi connectivity index (χ3v) is 4.67. The van der Waals surface area contributed by atoms with Crippen LogP contribution < -0.4 is 5.32 Å². The molecular weight excluding hydrogens is 262 g/mol. The fraction of sp³-hybridized carbons (Fsp3) is 0.571. The first-order chi connectivity index (χ1) is 7.63. The van der Waals surface area contributed by atoms with E-state index < -0.39 is 0 Å². The topological polar surface area (TPSA) is 12.0 Å². The van der Waals surface area contributed by atoms with Crippen LogP contribution in [0.4, 0.5) is 0 Å². The maximum Gasteiger partial charge on any atom is 0.0348 e. The zero-order valence-electron chi connectivity index (χ0n) is 10.3. The zero-order chi connectivity index (χ0) is 11.7. The second-order valence-corrected chi connectivity index (χ2v) is 5.77. The number of hydrogen-bond acceptors (Lipinski definition) is 1. The van der Waals surface area contributed by atoms with Crippen LogP contribution in [0.15, 0.2) is 16.6 Å². The highest BCUT2D eigenvalue weighted by atomic mass is 79.9. The van der Waals surface area contributed by atoms with Crippen LogP contribution >= 0.6 is 15.9 Å². The summed E-state index contributed by atoms with van der Waals surface area (Å²) in [5.41, 5.74) is 4.21. The van der Waals surface area contributed by atoms with Gasteiger partial charge in [-0.25, -0.2) is 0 Å². The van der Waals surface area contributed by atoms with Gasteiger partial charge in [0.15, 0.2) is 0 Å². The Morgan fingerprint density at radius 3 is 2.44 bits per heavy atom. The summed E-state index contributed by atoms with van der Waals surface area (Å²) < 4.78 is 1.22. The maximum absolute atomic E-state index is 3.60. The molecule has 0 spiro atoms. The molecule has 0 heterocycles. The van der Waals surface area contributed by atoms with E-state index in [0.717, 1.165) is 5.92 Å². The van der Waals surface area contributed by atoms with Crippen LogP contribution in [-0.2, 0) is 0 Å². The summed E-state index contributed by atoms with van der Waals surface area (Å²) in [6, 6.07) is 5.12. The van der Waals surface area contributed by atoms with Gasteiger partial charge in [-0.3, -0.25) is 0 Å². The van der Waals surface area contributed by atoms with Crippen molar-refractivity contribution in [3.8, 4) is 0 Å². The van der Waals surface area contributed by atoms with Gasteiger partial charge in [-0.1, -0.05) is 28.4 Å². The first-order valence-corrected chi connectivity index (χ1v) is 6.86. The van der Waals surface area contributed by atoms with Crippen LogP contribution in [0.25, 0.3) is 0 Å². The monoisotopic (exact) mass is 281 g/mol. The molecule has 1 unspecified atom stereocenters. The number of nitrogens with one attached hydrogen (secondary N) is 1. The van der Waals surface area contributed by atoms with Crippen molar-refractivity contribution in [1.82, 2.24) is 5.32 Å². The van der Waals surface area contributed by atoms with Gasteiger partial charge in [-0.2, -0.15) is 0 Å². The molecule has 0 radical (unpaired) electrons. The lowest BCUT2D eigenvalue weighted by Gasteiger charge is -2.35. The maximum atomic E-state index is 3.60. The summed E-state index contributed by atoms with van der Waals surface area (Å²) in [4.78, 5) is 0. The van der Waals surface area contributed by atoms with Crippen LogP contribution in [0.1, 0.15) is 42.0 Å². The predicted molar refractivity (Wildman–Crippen MR) is 72.8 cm³/mol. The van der Waals surface area contributed by atoms with E-state index in [1.54, 1.807) is 0 Å². The Morgan fingerprint density at radius 2 is 1.94 bits per heavy atom. The molecule has 0 aromatic heterocycles. The lowest BCUT2D eigenvalue weighted by Crippen LogP contribution is -2.30. The van der Waals surface area contributed by atoms with Gasteiger partial charge in [0.05, 0.1) is 0 Å². The molecule has 1 atom stereocenters. The molecule has 1 N–H and O–H groups in total. The summed E-state index contributed by atoms with van der Waals surface area (Å²) in [5.74, 6) is 0.837. The zero-order valence-corrected chi connectivity index (χ0v) is 11.9. The Balaban J connectivity index is 2.33. The van der Waals surface area contributed by atoms with Gasteiger partial charge in [0.2, 0.25) is 0 Å². The van der Waals surface area contributed by atoms with Crippen LogP contribution in [-0.4, -0.2) is 7.05 Å². The van der Waals surface area contributed by atoms with E-state index in [-0.39, 0.29) is 0 Å². The molecule has 0 amide bonds. The van der Waals surface area contributed by atoms with Gasteiger partial charge < -0.3 is 5.32 Å². The fourth-order valence-electron chi connectivity index (χ4n) is 2.56. The number of rotatable bonds is 3. The van der Waals surface area contributed by atoms with E-state index in [4.69, 9.17) is 0 Å². The molecule has 1 aromatic rings. The average molecular weight is 282 g/mol. The molecular formula is C14H20BrN. The van der Waals surface area contributed by atoms with Crippen molar-refractivity contribution in [1.29, 1.82) is 0 Å². The predicted octanol–water partition coefficient (Wildman–Crippen LogP) is 4.13. The van der Waals surface area contributed by atoms with Crippen LogP contribution in [0.3, 0.4) is 0 Å². The van der Waals surface area contributed by atoms with Crippen molar-refractivity contribution < 1.29 is 0 Å². The second-order valence-electron chi connectivity index (χ2n) is 4.92. The Kier molecular flexibility index (Phi) is 3.70. The van der Waals surface area contributed by atoms with Crippen molar-refractivity contribution >= 4 is 15.9 Å². The van der Waals surface area contributed by atoms with Gasteiger partial charge in [0.25, 0.3) is 0 Å². The lowest BCUT2D eigenvalue weighted by molar-refractivity contribution is 0.239. The largest absolute Gasteiger partial charge is 0.313 e. The van der Waals surface area contributed by atoms with E-state index in [2.05, 4.69) is 54.3 Å². The van der Waals surface area contributed by atoms with Gasteiger partial charge in [-0.15, -0.1) is 0 Å². The smallest absolute Gasteiger partial charge is 0.0348 e. The molecule has 1 aliphatic rings. The van der Waals surface area contributed by atoms with E-state index in [1.165, 1.54) is 40.4 Å². The normalized spacial score (nSPS) is 18.2. The number of benzene rings is 1. The number of halogens is 1. The van der Waals surface area contributed by atoms with Crippen molar-refractivity contribution in [2.45, 2.75) is 39.2 Å². The van der Waals surface area contributed by atoms with Crippen LogP contribution in [0, 0.1) is 19.8 Å². The second kappa shape index (κ2) is 4.89. The molecule has 0 aliphatic heterocycles. The Bertz CT molecular complexity index is 383. The van der Waals surface area contributed by atoms with E-state index in [1.807, 2.05) is 0 Å². The summed E-state index contributed by atoms with van der Waals surface area (Å²) in [6.45, 7) is 4.38. The summed E-state index contributed by atoms with van der Waals surface area (Å²) in [6.07, 6.45) is 4.15. The van der Waals surface area contributed by atoms with Gasteiger partial charge in [-0.05, 0) is 62.4 Å². The molecule has 1 nitrogen and oxygen atoms in total. The van der Waals surface area contributed by atoms with Gasteiger partial charge in [0.1, 0.15) is 0 Å². The molecule has 2 rings (SSSR count). The van der Waals surface area contributed by atoms with Crippen LogP contribution in [0.5, 0.6) is 0 Å². The van der Waals surface area contributed by atoms with E-state index in [0.29, 0.717) is 6.04 Å². The molecule has 1 aliphatic carbocycles. The quantitative estimate of drug-likeness (QED) is 0.879. The number of aryl methyl sites for hydroxylation is 2. The van der Waals surface area contributed by atoms with E-state index in [9.17, 15) is 0 Å². The van der Waals surface area contributed by atoms with Crippen molar-refractivity contribution in [2.75, 3.05) is 7.05 Å². The minimum atomic E-state index is 0.542. The SMILES string of the molecule is CNC(c1cc(C)c(Br)cc1C)C1CCC1. The highest BCUT2D eigenvalue weighted by Crippen LogP contribution is 2.39. The molecule has 2 heteroatoms. The summed E-state index contributed by atoms with van der Waals surface area (Å²) >= 11 is 3.60. The lowest BCUT2D eigenvalue weighted by atomic mass is 9.76. The minimum absolute atomic E-state index is 0.542. The molecule has 0 bridgehead atoms. The average Bonchev–Trinajstić information content (AvgIpc) is 2.17. The third-order valence-electron chi connectivity index (χ3n) is 3.81. The van der Waals surface area contributed by atoms with Gasteiger partial charge in [0, 0.05) is 10.5 Å². The molecule has 88 valence electrons. The Hall–Kier alpha value is -0.340. The fourth-order valence-corrected chi connectivity index (χ4v) is 3.01. The molecule has 1 saturated carbocycles. The molecule has 16 heavy (non-hydrogen) atoms. The van der Waals surface area contributed by atoms with Crippen molar-refractivity contribution in [3.05, 3.63) is 33.3 Å².